The van der Waals surface area contributed by atoms with E-state index < -0.39 is 0 Å². The van der Waals surface area contributed by atoms with E-state index in [0.29, 0.717) is 34.6 Å². The van der Waals surface area contributed by atoms with Crippen LogP contribution in [0.3, 0.4) is 0 Å². The first-order valence-electron chi connectivity index (χ1n) is 8.75. The van der Waals surface area contributed by atoms with Crippen molar-refractivity contribution in [2.75, 3.05) is 11.9 Å². The number of hydrogen-bond donors (Lipinski definition) is 1. The Hall–Kier alpha value is -3.39. The molecule has 0 aliphatic heterocycles. The largest absolute Gasteiger partial charge is 0.493 e. The molecule has 0 fully saturated rings. The van der Waals surface area contributed by atoms with Gasteiger partial charge in [-0.3, -0.25) is 4.79 Å². The Balaban J connectivity index is 1.63. The highest BCUT2D eigenvalue weighted by atomic mass is 32.1. The van der Waals surface area contributed by atoms with Crippen LogP contribution in [0.15, 0.2) is 58.5 Å². The number of aryl methyl sites for hydroxylation is 1. The van der Waals surface area contributed by atoms with Crippen LogP contribution < -0.4 is 10.1 Å². The van der Waals surface area contributed by atoms with E-state index in [1.807, 2.05) is 37.4 Å². The molecule has 0 saturated heterocycles. The van der Waals surface area contributed by atoms with Crippen LogP contribution in [0.25, 0.3) is 16.6 Å². The number of nitrogens with zero attached hydrogens (tertiary/aromatic N) is 3. The number of carbonyl (C=O) groups is 1. The molecule has 0 bridgehead atoms. The highest BCUT2D eigenvalue weighted by Gasteiger charge is 2.18. The number of thiazole rings is 1. The van der Waals surface area contributed by atoms with Gasteiger partial charge in [0.1, 0.15) is 17.3 Å². The van der Waals surface area contributed by atoms with E-state index in [-0.39, 0.29) is 5.91 Å². The van der Waals surface area contributed by atoms with Gasteiger partial charge in [0.05, 0.1) is 24.1 Å². The summed E-state index contributed by atoms with van der Waals surface area (Å²) in [4.78, 5) is 17.4. The third-order valence-electron chi connectivity index (χ3n) is 3.95. The summed E-state index contributed by atoms with van der Waals surface area (Å²) in [5.41, 5.74) is 1.95. The Morgan fingerprint density at radius 2 is 2.14 bits per heavy atom. The normalized spacial score (nSPS) is 10.8. The number of aromatic nitrogens is 3. The molecular formula is C20H18N4O3S. The van der Waals surface area contributed by atoms with Crippen molar-refractivity contribution >= 4 is 23.1 Å². The monoisotopic (exact) mass is 394 g/mol. The molecule has 142 valence electrons. The first kappa shape index (κ1) is 18.0. The lowest BCUT2D eigenvalue weighted by atomic mass is 10.2. The quantitative estimate of drug-likeness (QED) is 0.519. The molecule has 4 aromatic rings. The van der Waals surface area contributed by atoms with Gasteiger partial charge in [-0.2, -0.15) is 9.78 Å². The molecule has 3 heterocycles. The molecule has 0 unspecified atom stereocenters. The van der Waals surface area contributed by atoms with Gasteiger partial charge >= 0.3 is 0 Å². The van der Waals surface area contributed by atoms with Crippen molar-refractivity contribution in [3.63, 3.8) is 0 Å². The molecule has 3 aromatic heterocycles. The fourth-order valence-corrected chi connectivity index (χ4v) is 3.53. The van der Waals surface area contributed by atoms with Crippen LogP contribution in [-0.2, 0) is 0 Å². The number of amides is 1. The predicted octanol–water partition coefficient (Wildman–Crippen LogP) is 4.55. The summed E-state index contributed by atoms with van der Waals surface area (Å²) in [7, 11) is 0. The smallest absolute Gasteiger partial charge is 0.260 e. The van der Waals surface area contributed by atoms with E-state index in [0.717, 1.165) is 11.4 Å². The summed E-state index contributed by atoms with van der Waals surface area (Å²) in [6.07, 6.45) is 1.61. The van der Waals surface area contributed by atoms with Crippen molar-refractivity contribution in [3.8, 4) is 22.3 Å². The van der Waals surface area contributed by atoms with Crippen LogP contribution in [0.4, 0.5) is 5.82 Å². The molecule has 28 heavy (non-hydrogen) atoms. The molecule has 0 aliphatic carbocycles. The van der Waals surface area contributed by atoms with Gasteiger partial charge in [0, 0.05) is 11.4 Å². The van der Waals surface area contributed by atoms with Crippen LogP contribution in [-0.4, -0.2) is 27.3 Å². The minimum absolute atomic E-state index is 0.270. The fraction of sp³-hybridized carbons (Fsp3) is 0.150. The lowest BCUT2D eigenvalue weighted by Crippen LogP contribution is -2.16. The molecular weight excluding hydrogens is 376 g/mol. The molecule has 0 spiro atoms. The number of para-hydroxylation sites is 1. The number of benzene rings is 1. The number of anilines is 1. The van der Waals surface area contributed by atoms with Crippen molar-refractivity contribution in [3.05, 3.63) is 65.4 Å². The highest BCUT2D eigenvalue weighted by molar-refractivity contribution is 7.12. The zero-order valence-electron chi connectivity index (χ0n) is 15.4. The Morgan fingerprint density at radius 1 is 1.29 bits per heavy atom. The van der Waals surface area contributed by atoms with E-state index in [9.17, 15) is 4.79 Å². The van der Waals surface area contributed by atoms with Crippen molar-refractivity contribution in [1.82, 2.24) is 14.8 Å². The molecule has 1 aromatic carbocycles. The maximum Gasteiger partial charge on any atom is 0.260 e. The minimum Gasteiger partial charge on any atom is -0.493 e. The Morgan fingerprint density at radius 3 is 2.93 bits per heavy atom. The van der Waals surface area contributed by atoms with Gasteiger partial charge in [0.15, 0.2) is 5.76 Å². The summed E-state index contributed by atoms with van der Waals surface area (Å²) in [6.45, 7) is 4.23. The van der Waals surface area contributed by atoms with E-state index in [2.05, 4.69) is 15.4 Å². The molecule has 0 saturated carbocycles. The van der Waals surface area contributed by atoms with Gasteiger partial charge in [-0.1, -0.05) is 12.1 Å². The molecule has 8 heteroatoms. The van der Waals surface area contributed by atoms with Gasteiger partial charge in [-0.15, -0.1) is 11.3 Å². The Kier molecular flexibility index (Phi) is 4.94. The van der Waals surface area contributed by atoms with Crippen molar-refractivity contribution < 1.29 is 13.9 Å². The molecule has 4 rings (SSSR count). The summed E-state index contributed by atoms with van der Waals surface area (Å²) in [5, 5.41) is 9.91. The average Bonchev–Trinajstić information content (AvgIpc) is 3.42. The van der Waals surface area contributed by atoms with Gasteiger partial charge in [0.25, 0.3) is 5.91 Å². The van der Waals surface area contributed by atoms with Crippen LogP contribution in [0.1, 0.15) is 23.0 Å². The minimum atomic E-state index is -0.270. The van der Waals surface area contributed by atoms with E-state index in [1.54, 1.807) is 35.2 Å². The number of carbonyl (C=O) groups excluding carboxylic acids is 1. The zero-order chi connectivity index (χ0) is 19.5. The second kappa shape index (κ2) is 7.69. The standard InChI is InChI=1S/C20H18N4O3S/c1-3-26-16-8-5-4-7-14(16)19(25)22-18-11-13(2)23-24(18)20-21-15(12-28-20)17-9-6-10-27-17/h4-12H,3H2,1-2H3,(H,22,25). The van der Waals surface area contributed by atoms with Gasteiger partial charge in [-0.25, -0.2) is 4.98 Å². The van der Waals surface area contributed by atoms with Crippen molar-refractivity contribution in [2.24, 2.45) is 0 Å². The number of hydrogen-bond acceptors (Lipinski definition) is 6. The van der Waals surface area contributed by atoms with Crippen LogP contribution in [0.5, 0.6) is 5.75 Å². The van der Waals surface area contributed by atoms with Gasteiger partial charge in [-0.05, 0) is 38.1 Å². The molecule has 7 nitrogen and oxygen atoms in total. The maximum atomic E-state index is 12.8. The first-order chi connectivity index (χ1) is 13.7. The number of furan rings is 1. The number of rotatable bonds is 6. The predicted molar refractivity (Wildman–Crippen MR) is 107 cm³/mol. The van der Waals surface area contributed by atoms with Crippen LogP contribution >= 0.6 is 11.3 Å². The summed E-state index contributed by atoms with van der Waals surface area (Å²) >= 11 is 1.42. The third-order valence-corrected chi connectivity index (χ3v) is 4.77. The number of ether oxygens (including phenoxy) is 1. The average molecular weight is 394 g/mol. The lowest BCUT2D eigenvalue weighted by Gasteiger charge is -2.10. The highest BCUT2D eigenvalue weighted by Crippen LogP contribution is 2.27. The number of nitrogens with one attached hydrogen (secondary N) is 1. The molecule has 1 N–H and O–H groups in total. The van der Waals surface area contributed by atoms with Gasteiger partial charge < -0.3 is 14.5 Å². The lowest BCUT2D eigenvalue weighted by molar-refractivity contribution is 0.102. The van der Waals surface area contributed by atoms with E-state index >= 15 is 0 Å². The molecule has 0 radical (unpaired) electrons. The Labute approximate surface area is 165 Å². The summed E-state index contributed by atoms with van der Waals surface area (Å²) < 4.78 is 12.6. The van der Waals surface area contributed by atoms with Crippen molar-refractivity contribution in [2.45, 2.75) is 13.8 Å². The molecule has 0 atom stereocenters. The zero-order valence-corrected chi connectivity index (χ0v) is 16.2. The molecule has 0 aliphatic rings. The van der Waals surface area contributed by atoms with Gasteiger partial charge in [0.2, 0.25) is 5.13 Å². The van der Waals surface area contributed by atoms with Crippen LogP contribution in [0, 0.1) is 6.92 Å². The third kappa shape index (κ3) is 3.54. The first-order valence-corrected chi connectivity index (χ1v) is 9.63. The second-order valence-electron chi connectivity index (χ2n) is 5.96. The second-order valence-corrected chi connectivity index (χ2v) is 6.80. The summed E-state index contributed by atoms with van der Waals surface area (Å²) in [6, 6.07) is 12.6. The summed E-state index contributed by atoms with van der Waals surface area (Å²) in [5.74, 6) is 1.49. The molecule has 1 amide bonds. The Bertz CT molecular complexity index is 1100. The topological polar surface area (TPSA) is 82.2 Å². The van der Waals surface area contributed by atoms with Crippen molar-refractivity contribution in [1.29, 1.82) is 0 Å². The van der Waals surface area contributed by atoms with E-state index in [4.69, 9.17) is 9.15 Å². The SMILES string of the molecule is CCOc1ccccc1C(=O)Nc1cc(C)nn1-c1nc(-c2ccco2)cs1. The van der Waals surface area contributed by atoms with E-state index in [1.165, 1.54) is 11.3 Å². The van der Waals surface area contributed by atoms with Crippen LogP contribution in [0.2, 0.25) is 0 Å². The maximum absolute atomic E-state index is 12.8. The fourth-order valence-electron chi connectivity index (χ4n) is 2.75.